The van der Waals surface area contributed by atoms with Crippen LogP contribution in [0, 0.1) is 5.92 Å². The van der Waals surface area contributed by atoms with Gasteiger partial charge in [0.25, 0.3) is 0 Å². The molecule has 29 heavy (non-hydrogen) atoms. The zero-order valence-corrected chi connectivity index (χ0v) is 17.4. The first-order chi connectivity index (χ1) is 14.1. The summed E-state index contributed by atoms with van der Waals surface area (Å²) < 4.78 is 9.21. The number of thiazole rings is 1. The highest BCUT2D eigenvalue weighted by Crippen LogP contribution is 2.32. The van der Waals surface area contributed by atoms with Gasteiger partial charge in [-0.25, -0.2) is 9.67 Å². The standard InChI is InChI=1S/C20H27N5O3S/c26-18-19(27)25(10-15-4-2-1-3-5-15)22-16-12-28-20(14-24(16)18)6-8-23(13-20)11-17-21-7-9-29-17/h7,9,15H,1-6,8,10-14H2. The molecule has 2 aromatic heterocycles. The normalized spacial score (nSPS) is 25.5. The lowest BCUT2D eigenvalue weighted by atomic mass is 9.89. The van der Waals surface area contributed by atoms with Crippen molar-refractivity contribution in [3.63, 3.8) is 0 Å². The van der Waals surface area contributed by atoms with Crippen molar-refractivity contribution in [2.45, 2.75) is 70.4 Å². The van der Waals surface area contributed by atoms with E-state index < -0.39 is 16.7 Å². The average Bonchev–Trinajstić information content (AvgIpc) is 3.38. The largest absolute Gasteiger partial charge is 0.364 e. The highest BCUT2D eigenvalue weighted by molar-refractivity contribution is 7.09. The van der Waals surface area contributed by atoms with Gasteiger partial charge >= 0.3 is 11.1 Å². The highest BCUT2D eigenvalue weighted by Gasteiger charge is 2.43. The number of fused-ring (bicyclic) bond motifs is 1. The summed E-state index contributed by atoms with van der Waals surface area (Å²) in [4.78, 5) is 32.2. The number of hydrogen-bond donors (Lipinski definition) is 0. The molecule has 0 N–H and O–H groups in total. The maximum absolute atomic E-state index is 12.9. The van der Waals surface area contributed by atoms with Crippen LogP contribution in [0.2, 0.25) is 0 Å². The zero-order valence-electron chi connectivity index (χ0n) is 16.6. The molecular weight excluding hydrogens is 390 g/mol. The summed E-state index contributed by atoms with van der Waals surface area (Å²) in [5, 5.41) is 7.59. The fraction of sp³-hybridized carbons (Fsp3) is 0.700. The monoisotopic (exact) mass is 417 g/mol. The predicted octanol–water partition coefficient (Wildman–Crippen LogP) is 1.62. The van der Waals surface area contributed by atoms with E-state index in [1.54, 1.807) is 15.9 Å². The first-order valence-electron chi connectivity index (χ1n) is 10.6. The van der Waals surface area contributed by atoms with Gasteiger partial charge in [0.15, 0.2) is 5.82 Å². The van der Waals surface area contributed by atoms with Crippen molar-refractivity contribution in [3.8, 4) is 0 Å². The van der Waals surface area contributed by atoms with Crippen LogP contribution in [0.25, 0.3) is 0 Å². The molecule has 5 rings (SSSR count). The van der Waals surface area contributed by atoms with E-state index in [9.17, 15) is 9.59 Å². The van der Waals surface area contributed by atoms with Gasteiger partial charge in [-0.1, -0.05) is 19.3 Å². The van der Waals surface area contributed by atoms with Crippen molar-refractivity contribution in [1.82, 2.24) is 24.2 Å². The Bertz CT molecular complexity index is 979. The van der Waals surface area contributed by atoms with Crippen molar-refractivity contribution in [2.75, 3.05) is 13.1 Å². The summed E-state index contributed by atoms with van der Waals surface area (Å²) in [5.41, 5.74) is -1.36. The number of likely N-dealkylation sites (tertiary alicyclic amines) is 1. The Morgan fingerprint density at radius 1 is 1.17 bits per heavy atom. The number of hydrogen-bond acceptors (Lipinski definition) is 7. The molecule has 2 fully saturated rings. The fourth-order valence-corrected chi connectivity index (χ4v) is 5.63. The minimum Gasteiger partial charge on any atom is -0.364 e. The van der Waals surface area contributed by atoms with Crippen LogP contribution < -0.4 is 11.1 Å². The number of ether oxygens (including phenoxy) is 1. The lowest BCUT2D eigenvalue weighted by Gasteiger charge is -2.35. The zero-order chi connectivity index (χ0) is 19.8. The number of nitrogens with zero attached hydrogens (tertiary/aromatic N) is 5. The highest BCUT2D eigenvalue weighted by atomic mass is 32.1. The molecule has 9 heteroatoms. The molecule has 1 atom stereocenters. The molecule has 0 aromatic carbocycles. The van der Waals surface area contributed by atoms with Gasteiger partial charge in [0.1, 0.15) is 17.2 Å². The molecule has 156 valence electrons. The van der Waals surface area contributed by atoms with Crippen molar-refractivity contribution in [1.29, 1.82) is 0 Å². The van der Waals surface area contributed by atoms with Gasteiger partial charge in [0.05, 0.1) is 13.1 Å². The number of aromatic nitrogens is 4. The van der Waals surface area contributed by atoms with Crippen molar-refractivity contribution < 1.29 is 4.74 Å². The van der Waals surface area contributed by atoms with Crippen molar-refractivity contribution in [2.24, 2.45) is 5.92 Å². The first kappa shape index (κ1) is 19.1. The average molecular weight is 418 g/mol. The van der Waals surface area contributed by atoms with E-state index in [1.807, 2.05) is 11.6 Å². The molecule has 1 spiro atoms. The van der Waals surface area contributed by atoms with Gasteiger partial charge in [-0.15, -0.1) is 11.3 Å². The van der Waals surface area contributed by atoms with Gasteiger partial charge in [-0.2, -0.15) is 5.10 Å². The minimum absolute atomic E-state index is 0.283. The van der Waals surface area contributed by atoms with Crippen LogP contribution in [0.1, 0.15) is 49.4 Å². The van der Waals surface area contributed by atoms with E-state index in [0.29, 0.717) is 24.8 Å². The molecule has 0 radical (unpaired) electrons. The second-order valence-electron chi connectivity index (χ2n) is 8.66. The second kappa shape index (κ2) is 7.77. The smallest absolute Gasteiger partial charge is 0.332 e. The van der Waals surface area contributed by atoms with Gasteiger partial charge in [0.2, 0.25) is 0 Å². The molecule has 2 aliphatic heterocycles. The summed E-state index contributed by atoms with van der Waals surface area (Å²) in [7, 11) is 0. The summed E-state index contributed by atoms with van der Waals surface area (Å²) in [6.07, 6.45) is 8.56. The molecule has 2 aromatic rings. The van der Waals surface area contributed by atoms with E-state index in [4.69, 9.17) is 4.74 Å². The molecule has 1 unspecified atom stereocenters. The molecule has 0 bridgehead atoms. The Kier molecular flexibility index (Phi) is 5.13. The third kappa shape index (κ3) is 3.83. The molecule has 0 amide bonds. The Balaban J connectivity index is 1.33. The molecule has 1 aliphatic carbocycles. The van der Waals surface area contributed by atoms with Gasteiger partial charge in [-0.05, 0) is 25.2 Å². The Labute approximate surface area is 173 Å². The van der Waals surface area contributed by atoms with Crippen LogP contribution >= 0.6 is 11.3 Å². The van der Waals surface area contributed by atoms with Crippen LogP contribution in [0.5, 0.6) is 0 Å². The van der Waals surface area contributed by atoms with E-state index in [1.165, 1.54) is 23.9 Å². The Hall–Kier alpha value is -1.84. The van der Waals surface area contributed by atoms with E-state index >= 15 is 0 Å². The maximum Gasteiger partial charge on any atom is 0.332 e. The number of rotatable bonds is 4. The summed E-state index contributed by atoms with van der Waals surface area (Å²) >= 11 is 1.65. The summed E-state index contributed by atoms with van der Waals surface area (Å²) in [6, 6.07) is 0. The van der Waals surface area contributed by atoms with E-state index in [-0.39, 0.29) is 6.61 Å². The van der Waals surface area contributed by atoms with Gasteiger partial charge < -0.3 is 4.74 Å². The van der Waals surface area contributed by atoms with Crippen molar-refractivity contribution in [3.05, 3.63) is 43.1 Å². The van der Waals surface area contributed by atoms with Crippen LogP contribution in [-0.2, 0) is 31.0 Å². The molecule has 3 aliphatic rings. The molecule has 8 nitrogen and oxygen atoms in total. The van der Waals surface area contributed by atoms with Crippen LogP contribution in [0.4, 0.5) is 0 Å². The third-order valence-electron chi connectivity index (χ3n) is 6.56. The maximum atomic E-state index is 12.9. The first-order valence-corrected chi connectivity index (χ1v) is 11.5. The van der Waals surface area contributed by atoms with Gasteiger partial charge in [-0.3, -0.25) is 19.1 Å². The van der Waals surface area contributed by atoms with E-state index in [0.717, 1.165) is 43.9 Å². The summed E-state index contributed by atoms with van der Waals surface area (Å²) in [6.45, 7) is 3.67. The third-order valence-corrected chi connectivity index (χ3v) is 7.32. The van der Waals surface area contributed by atoms with Crippen LogP contribution in [-0.4, -0.2) is 42.9 Å². The predicted molar refractivity (Wildman–Crippen MR) is 109 cm³/mol. The van der Waals surface area contributed by atoms with Gasteiger partial charge in [0, 0.05) is 31.2 Å². The summed E-state index contributed by atoms with van der Waals surface area (Å²) in [5.74, 6) is 1.02. The lowest BCUT2D eigenvalue weighted by Crippen LogP contribution is -2.53. The molecule has 1 saturated heterocycles. The van der Waals surface area contributed by atoms with E-state index in [2.05, 4.69) is 15.0 Å². The SMILES string of the molecule is O=c1c(=O)n2c(nn1CC1CCCCC1)COC1(CCN(Cc3nccs3)C1)C2. The van der Waals surface area contributed by atoms with Crippen LogP contribution in [0.15, 0.2) is 21.2 Å². The minimum atomic E-state index is -0.492. The fourth-order valence-electron chi connectivity index (χ4n) is 4.97. The molecular formula is C20H27N5O3S. The molecule has 1 saturated carbocycles. The van der Waals surface area contributed by atoms with Crippen LogP contribution in [0.3, 0.4) is 0 Å². The topological polar surface area (TPSA) is 82.2 Å². The Morgan fingerprint density at radius 2 is 2.03 bits per heavy atom. The quantitative estimate of drug-likeness (QED) is 0.703. The van der Waals surface area contributed by atoms with Crippen molar-refractivity contribution >= 4 is 11.3 Å². The Morgan fingerprint density at radius 3 is 2.83 bits per heavy atom. The molecule has 4 heterocycles. The lowest BCUT2D eigenvalue weighted by molar-refractivity contribution is -0.0860. The second-order valence-corrected chi connectivity index (χ2v) is 9.64.